The van der Waals surface area contributed by atoms with Gasteiger partial charge >= 0.3 is 18.2 Å². The lowest BCUT2D eigenvalue weighted by atomic mass is 9.77. The minimum Gasteiger partial charge on any atom is -0.467 e. The van der Waals surface area contributed by atoms with E-state index in [-0.39, 0.29) is 68.8 Å². The number of nitrogens with one attached hydrogen (secondary N) is 3. The van der Waals surface area contributed by atoms with Crippen LogP contribution in [0.2, 0.25) is 0 Å². The summed E-state index contributed by atoms with van der Waals surface area (Å²) in [5.41, 5.74) is -2.12. The van der Waals surface area contributed by atoms with Crippen LogP contribution in [0.25, 0.3) is 0 Å². The Labute approximate surface area is 585 Å². The number of amides is 9. The van der Waals surface area contributed by atoms with Gasteiger partial charge in [0.15, 0.2) is 23.4 Å². The number of carbonyl (C=O) groups excluding carboxylic acids is 13. The molecule has 1 rings (SSSR count). The molecule has 1 fully saturated rings. The summed E-state index contributed by atoms with van der Waals surface area (Å²) < 4.78 is 15.8. The molecule has 0 bridgehead atoms. The first kappa shape index (κ1) is 89.0. The highest BCUT2D eigenvalue weighted by molar-refractivity contribution is 5.99. The molecule has 26 nitrogen and oxygen atoms in total. The third-order valence-corrected chi connectivity index (χ3v) is 18.2. The lowest BCUT2D eigenvalue weighted by Gasteiger charge is -2.50. The molecule has 0 aromatic heterocycles. The van der Waals surface area contributed by atoms with Crippen molar-refractivity contribution in [1.82, 2.24) is 45.5 Å². The number of methoxy groups -OCH3 is 1. The molecule has 560 valence electrons. The van der Waals surface area contributed by atoms with Gasteiger partial charge in [0, 0.05) is 84.7 Å². The molecule has 0 aromatic rings. The van der Waals surface area contributed by atoms with E-state index in [1.54, 1.807) is 69.2 Å². The number of carbonyl (C=O) groups is 13. The maximum absolute atomic E-state index is 14.9. The van der Waals surface area contributed by atoms with Crippen molar-refractivity contribution in [2.24, 2.45) is 58.7 Å². The monoisotopic (exact) mass is 1390 g/mol. The van der Waals surface area contributed by atoms with Gasteiger partial charge in [0.1, 0.15) is 42.5 Å². The smallest absolute Gasteiger partial charge is 0.410 e. The van der Waals surface area contributed by atoms with Crippen molar-refractivity contribution in [2.75, 3.05) is 56.0 Å². The highest BCUT2D eigenvalue weighted by Crippen LogP contribution is 2.35. The number of hydrogen-bond donors (Lipinski definition) is 3. The maximum atomic E-state index is 14.9. The Bertz CT molecular complexity index is 2780. The summed E-state index contributed by atoms with van der Waals surface area (Å²) in [5, 5.41) is 8.80. The normalized spacial score (nSPS) is 17.6. The summed E-state index contributed by atoms with van der Waals surface area (Å²) in [6, 6.07) is -9.03. The zero-order valence-electron chi connectivity index (χ0n) is 64.5. The quantitative estimate of drug-likeness (QED) is 0.0300. The summed E-state index contributed by atoms with van der Waals surface area (Å²) in [6.07, 6.45) is 1.81. The van der Waals surface area contributed by atoms with Gasteiger partial charge in [0.2, 0.25) is 35.4 Å². The lowest BCUT2D eigenvalue weighted by molar-refractivity contribution is -0.321. The van der Waals surface area contributed by atoms with Gasteiger partial charge in [-0.05, 0) is 109 Å². The molecule has 0 unspecified atom stereocenters. The van der Waals surface area contributed by atoms with E-state index in [0.29, 0.717) is 6.42 Å². The largest absolute Gasteiger partial charge is 0.467 e. The van der Waals surface area contributed by atoms with Crippen LogP contribution in [-0.4, -0.2) is 222 Å². The van der Waals surface area contributed by atoms with Crippen molar-refractivity contribution < 1.29 is 81.4 Å². The number of hydrogen-bond acceptors (Lipinski definition) is 17. The van der Waals surface area contributed by atoms with Crippen LogP contribution < -0.4 is 16.0 Å². The Morgan fingerprint density at radius 2 is 1.13 bits per heavy atom. The van der Waals surface area contributed by atoms with Crippen LogP contribution in [0, 0.1) is 58.7 Å². The predicted octanol–water partition coefficient (Wildman–Crippen LogP) is 7.81. The number of likely N-dealkylation sites (N-methyl/N-ethyl adjacent to an activating group) is 5. The van der Waals surface area contributed by atoms with Gasteiger partial charge in [-0.15, -0.1) is 0 Å². The Kier molecular flexibility index (Phi) is 36.1. The summed E-state index contributed by atoms with van der Waals surface area (Å²) in [4.78, 5) is 196. The van der Waals surface area contributed by atoms with Crippen LogP contribution in [0.15, 0.2) is 12.2 Å². The Morgan fingerprint density at radius 3 is 1.59 bits per heavy atom. The second-order valence-corrected chi connectivity index (χ2v) is 30.5. The number of ketones is 3. The van der Waals surface area contributed by atoms with E-state index >= 15 is 0 Å². The molecule has 0 aromatic carbocycles. The number of allylic oxidation sites excluding steroid dienone is 2. The van der Waals surface area contributed by atoms with Gasteiger partial charge in [-0.1, -0.05) is 116 Å². The minimum absolute atomic E-state index is 0.0989. The fourth-order valence-electron chi connectivity index (χ4n) is 12.4. The summed E-state index contributed by atoms with van der Waals surface area (Å²) >= 11 is 0. The second kappa shape index (κ2) is 39.7. The van der Waals surface area contributed by atoms with Crippen LogP contribution in [0.1, 0.15) is 197 Å². The topological polar surface area (TPSA) is 314 Å². The van der Waals surface area contributed by atoms with Gasteiger partial charge in [-0.3, -0.25) is 57.7 Å². The molecular weight excluding hydrogens is 1260 g/mol. The SMILES string of the molecule is C/C=C/C[C@@H](C)[C@H]1ON(C(=O)[C@H](C(C)C)N(C)C(=O)[C@@H](CC(=O)[C@H](CC(C)C)N(C)C(=O)[C@@H](C)NC(=O)[C@H](C)CC(=O)[C@H](CC(C)C)N(C)C(=O)[C@@H](CC(=O)[C@@H](N(C)C(=O)[C@@H](C)N(C)C(=O)OC(C)(C)C)C(C)(C)COC(=O)NC)C(C)C)CC(C)C)[C@@H]1C(=O)N[C@@H](CC)C(=O)OC. The third kappa shape index (κ3) is 25.6. The van der Waals surface area contributed by atoms with E-state index in [9.17, 15) is 62.3 Å². The van der Waals surface area contributed by atoms with Gasteiger partial charge in [-0.2, -0.15) is 0 Å². The van der Waals surface area contributed by atoms with E-state index in [1.807, 2.05) is 67.5 Å². The Balaban J connectivity index is 3.56. The van der Waals surface area contributed by atoms with Crippen molar-refractivity contribution in [3.63, 3.8) is 0 Å². The molecule has 0 spiro atoms. The van der Waals surface area contributed by atoms with Crippen LogP contribution >= 0.6 is 0 Å². The second-order valence-electron chi connectivity index (χ2n) is 30.5. The van der Waals surface area contributed by atoms with E-state index in [0.717, 1.165) is 9.96 Å². The maximum Gasteiger partial charge on any atom is 0.410 e. The molecule has 3 N–H and O–H groups in total. The van der Waals surface area contributed by atoms with Gasteiger partial charge in [-0.25, -0.2) is 19.4 Å². The number of esters is 1. The van der Waals surface area contributed by atoms with Crippen molar-refractivity contribution >= 4 is 76.9 Å². The average molecular weight is 1390 g/mol. The molecule has 9 amide bonds. The molecule has 0 saturated carbocycles. The minimum atomic E-state index is -1.30. The summed E-state index contributed by atoms with van der Waals surface area (Å²) in [6.45, 7) is 36.2. The number of hydroxylamine groups is 2. The molecule has 1 aliphatic rings. The molecule has 1 saturated heterocycles. The average Bonchev–Trinajstić information content (AvgIpc) is 0.756. The van der Waals surface area contributed by atoms with Crippen LogP contribution in [0.5, 0.6) is 0 Å². The molecule has 26 heteroatoms. The van der Waals surface area contributed by atoms with Gasteiger partial charge in [0.05, 0.1) is 25.2 Å². The van der Waals surface area contributed by atoms with E-state index in [2.05, 4.69) is 16.0 Å². The molecule has 98 heavy (non-hydrogen) atoms. The first-order valence-electron chi connectivity index (χ1n) is 34.9. The van der Waals surface area contributed by atoms with E-state index in [4.69, 9.17) is 19.0 Å². The number of alkyl carbamates (subject to hydrolysis) is 1. The third-order valence-electron chi connectivity index (χ3n) is 18.2. The Hall–Kier alpha value is -6.99. The fourth-order valence-corrected chi connectivity index (χ4v) is 12.4. The van der Waals surface area contributed by atoms with E-state index in [1.165, 1.54) is 89.8 Å². The molecule has 1 heterocycles. The first-order valence-corrected chi connectivity index (χ1v) is 34.9. The number of nitrogens with zero attached hydrogens (tertiary/aromatic N) is 6. The van der Waals surface area contributed by atoms with E-state index < -0.39 is 178 Å². The van der Waals surface area contributed by atoms with Crippen molar-refractivity contribution in [3.05, 3.63) is 12.2 Å². The van der Waals surface area contributed by atoms with Crippen LogP contribution in [0.4, 0.5) is 9.59 Å². The lowest BCUT2D eigenvalue weighted by Crippen LogP contribution is -2.71. The molecule has 0 radical (unpaired) electrons. The fraction of sp³-hybridized carbons (Fsp3) is 0.792. The first-order chi connectivity index (χ1) is 45.1. The predicted molar refractivity (Wildman–Crippen MR) is 373 cm³/mol. The molecule has 13 atom stereocenters. The van der Waals surface area contributed by atoms with Crippen molar-refractivity contribution in [2.45, 2.75) is 257 Å². The zero-order valence-corrected chi connectivity index (χ0v) is 64.5. The number of rotatable bonds is 39. The highest BCUT2D eigenvalue weighted by Gasteiger charge is 2.54. The molecular formula is C72H125N9O17. The molecule has 1 aliphatic heterocycles. The van der Waals surface area contributed by atoms with Gasteiger partial charge in [0.25, 0.3) is 5.91 Å². The highest BCUT2D eigenvalue weighted by atomic mass is 16.7. The van der Waals surface area contributed by atoms with Gasteiger partial charge < -0.3 is 49.8 Å². The van der Waals surface area contributed by atoms with Crippen LogP contribution in [-0.2, 0) is 71.8 Å². The van der Waals surface area contributed by atoms with Crippen LogP contribution in [0.3, 0.4) is 0 Å². The number of ether oxygens (including phenoxy) is 3. The molecule has 0 aliphatic carbocycles. The zero-order chi connectivity index (χ0) is 76.1. The standard InChI is InChI=1S/C72H125N9O17/c1-29-31-32-45(13)59-58(62(86)75-51(30-2)68(92)95-28)81(98-59)67(91)57(44(11)12)79(26)65(89)49(33-40(3)4)37-55(83)53(35-42(7)8)77(24)63(87)47(15)74-61(85)46(14)36-54(82)52(34-41(5)6)78(25)66(90)50(43(9)10)38-56(84)60(72(20,21)39-96-69(93)73-22)80(27)64(88)48(16)76(23)70(94)97-71(17,18)19/h29,31,40-53,57-60H,30,32-39H2,1-28H3,(H,73,93)(H,74,85)(H,75,86)/b31-29+/t45-,46-,47-,48-,49-,50+,51+,52+,53+,57+,58+,59-,60-/m1/s1. The number of Topliss-reactive ketones (excluding diaryl/α,β-unsaturated/α-hetero) is 3. The van der Waals surface area contributed by atoms with Crippen molar-refractivity contribution in [1.29, 1.82) is 0 Å². The Morgan fingerprint density at radius 1 is 0.612 bits per heavy atom. The summed E-state index contributed by atoms with van der Waals surface area (Å²) in [5.74, 6) is -10.9. The summed E-state index contributed by atoms with van der Waals surface area (Å²) in [7, 11) is 9.78. The van der Waals surface area contributed by atoms with Crippen molar-refractivity contribution in [3.8, 4) is 0 Å².